The maximum atomic E-state index is 5.66. The van der Waals surface area contributed by atoms with Crippen LogP contribution in [0.4, 0.5) is 5.13 Å². The van der Waals surface area contributed by atoms with Gasteiger partial charge < -0.3 is 19.7 Å². The summed E-state index contributed by atoms with van der Waals surface area (Å²) < 4.78 is 10.7. The minimum absolute atomic E-state index is 0.731. The van der Waals surface area contributed by atoms with E-state index >= 15 is 0 Å². The molecule has 0 amide bonds. The predicted octanol–water partition coefficient (Wildman–Crippen LogP) is 1.74. The molecule has 0 unspecified atom stereocenters. The van der Waals surface area contributed by atoms with E-state index < -0.39 is 0 Å². The second kappa shape index (κ2) is 8.56. The van der Waals surface area contributed by atoms with Crippen molar-refractivity contribution in [3.05, 3.63) is 11.1 Å². The van der Waals surface area contributed by atoms with Crippen molar-refractivity contribution in [2.24, 2.45) is 5.92 Å². The number of hydrogen-bond acceptors (Lipinski definition) is 6. The molecule has 1 aliphatic carbocycles. The number of nitrogens with one attached hydrogen (secondary N) is 1. The molecule has 1 N–H and O–H groups in total. The first-order valence-corrected chi connectivity index (χ1v) is 8.10. The Morgan fingerprint density at radius 2 is 2.30 bits per heavy atom. The molecule has 0 aromatic carbocycles. The van der Waals surface area contributed by atoms with Gasteiger partial charge in [-0.3, -0.25) is 0 Å². The number of anilines is 1. The van der Waals surface area contributed by atoms with Gasteiger partial charge in [0.1, 0.15) is 0 Å². The van der Waals surface area contributed by atoms with E-state index in [1.807, 2.05) is 0 Å². The lowest BCUT2D eigenvalue weighted by molar-refractivity contribution is 0.131. The van der Waals surface area contributed by atoms with E-state index in [9.17, 15) is 0 Å². The third kappa shape index (κ3) is 5.75. The van der Waals surface area contributed by atoms with E-state index in [2.05, 4.69) is 27.6 Å². The van der Waals surface area contributed by atoms with Crippen LogP contribution in [0.25, 0.3) is 0 Å². The fourth-order valence-electron chi connectivity index (χ4n) is 1.78. The number of ether oxygens (including phenoxy) is 2. The molecular formula is C14H25N3O2S. The zero-order valence-corrected chi connectivity index (χ0v) is 13.2. The fraction of sp³-hybridized carbons (Fsp3) is 0.786. The van der Waals surface area contributed by atoms with Gasteiger partial charge in [-0.1, -0.05) is 0 Å². The van der Waals surface area contributed by atoms with Gasteiger partial charge in [0, 0.05) is 45.8 Å². The number of hydrogen-bond donors (Lipinski definition) is 1. The third-order valence-corrected chi connectivity index (χ3v) is 4.28. The molecule has 0 radical (unpaired) electrons. The van der Waals surface area contributed by atoms with Crippen LogP contribution < -0.4 is 10.2 Å². The van der Waals surface area contributed by atoms with Crippen molar-refractivity contribution >= 4 is 16.5 Å². The summed E-state index contributed by atoms with van der Waals surface area (Å²) in [6.07, 6.45) is 2.70. The number of rotatable bonds is 11. The van der Waals surface area contributed by atoms with Crippen molar-refractivity contribution in [1.82, 2.24) is 10.3 Å². The normalized spacial score (nSPS) is 14.7. The lowest BCUT2D eigenvalue weighted by Gasteiger charge is -2.15. The molecular weight excluding hydrogens is 274 g/mol. The summed E-state index contributed by atoms with van der Waals surface area (Å²) >= 11 is 1.69. The van der Waals surface area contributed by atoms with Gasteiger partial charge in [0.2, 0.25) is 0 Å². The summed E-state index contributed by atoms with van der Waals surface area (Å²) in [4.78, 5) is 6.78. The Kier molecular flexibility index (Phi) is 6.72. The molecule has 1 heterocycles. The Balaban J connectivity index is 1.61. The lowest BCUT2D eigenvalue weighted by Crippen LogP contribution is -2.23. The molecule has 2 rings (SSSR count). The SMILES string of the molecule is COCCNCc1csc(N(C)CCOCC2CC2)n1. The summed E-state index contributed by atoms with van der Waals surface area (Å²) in [7, 11) is 3.78. The number of likely N-dealkylation sites (N-methyl/N-ethyl adjacent to an activating group) is 1. The van der Waals surface area contributed by atoms with Crippen LogP contribution in [0.1, 0.15) is 18.5 Å². The molecule has 1 aromatic rings. The topological polar surface area (TPSA) is 46.6 Å². The van der Waals surface area contributed by atoms with Crippen LogP contribution in [-0.2, 0) is 16.0 Å². The second-order valence-electron chi connectivity index (χ2n) is 5.23. The smallest absolute Gasteiger partial charge is 0.185 e. The summed E-state index contributed by atoms with van der Waals surface area (Å²) in [5, 5.41) is 6.47. The molecule has 0 aliphatic heterocycles. The number of nitrogens with zero attached hydrogens (tertiary/aromatic N) is 2. The van der Waals surface area contributed by atoms with Crippen LogP contribution >= 0.6 is 11.3 Å². The first-order valence-electron chi connectivity index (χ1n) is 7.22. The van der Waals surface area contributed by atoms with Crippen molar-refractivity contribution in [3.8, 4) is 0 Å². The Hall–Kier alpha value is -0.690. The van der Waals surface area contributed by atoms with Crippen molar-refractivity contribution in [3.63, 3.8) is 0 Å². The maximum absolute atomic E-state index is 5.66. The number of aromatic nitrogens is 1. The maximum Gasteiger partial charge on any atom is 0.185 e. The second-order valence-corrected chi connectivity index (χ2v) is 6.07. The molecule has 114 valence electrons. The minimum Gasteiger partial charge on any atom is -0.383 e. The fourth-order valence-corrected chi connectivity index (χ4v) is 2.59. The highest BCUT2D eigenvalue weighted by molar-refractivity contribution is 7.13. The quantitative estimate of drug-likeness (QED) is 0.631. The standard InChI is InChI=1S/C14H25N3O2S/c1-17(6-8-19-10-12-3-4-12)14-16-13(11-20-14)9-15-5-7-18-2/h11-12,15H,3-10H2,1-2H3. The molecule has 20 heavy (non-hydrogen) atoms. The Morgan fingerprint density at radius 1 is 1.45 bits per heavy atom. The minimum atomic E-state index is 0.731. The molecule has 5 nitrogen and oxygen atoms in total. The average molecular weight is 299 g/mol. The van der Waals surface area contributed by atoms with Crippen LogP contribution in [0.3, 0.4) is 0 Å². The Bertz CT molecular complexity index is 382. The van der Waals surface area contributed by atoms with E-state index in [0.29, 0.717) is 0 Å². The summed E-state index contributed by atoms with van der Waals surface area (Å²) in [6.45, 7) is 5.00. The molecule has 6 heteroatoms. The van der Waals surface area contributed by atoms with Gasteiger partial charge in [-0.15, -0.1) is 11.3 Å². The van der Waals surface area contributed by atoms with Gasteiger partial charge in [0.15, 0.2) is 5.13 Å². The first-order chi connectivity index (χ1) is 9.79. The highest BCUT2D eigenvalue weighted by Gasteiger charge is 2.21. The van der Waals surface area contributed by atoms with Gasteiger partial charge in [-0.2, -0.15) is 0 Å². The molecule has 1 aromatic heterocycles. The third-order valence-electron chi connectivity index (χ3n) is 3.28. The van der Waals surface area contributed by atoms with Crippen LogP contribution in [0.15, 0.2) is 5.38 Å². The van der Waals surface area contributed by atoms with Crippen molar-refractivity contribution in [2.45, 2.75) is 19.4 Å². The van der Waals surface area contributed by atoms with Crippen molar-refractivity contribution in [1.29, 1.82) is 0 Å². The van der Waals surface area contributed by atoms with Crippen LogP contribution in [0.2, 0.25) is 0 Å². The summed E-state index contributed by atoms with van der Waals surface area (Å²) in [5.41, 5.74) is 1.09. The van der Waals surface area contributed by atoms with E-state index in [1.54, 1.807) is 18.4 Å². The van der Waals surface area contributed by atoms with Gasteiger partial charge >= 0.3 is 0 Å². The molecule has 0 bridgehead atoms. The van der Waals surface area contributed by atoms with Crippen molar-refractivity contribution in [2.75, 3.05) is 52.0 Å². The monoisotopic (exact) mass is 299 g/mol. The molecule has 0 saturated heterocycles. The zero-order chi connectivity index (χ0) is 14.2. The number of thiazole rings is 1. The lowest BCUT2D eigenvalue weighted by atomic mass is 10.5. The van der Waals surface area contributed by atoms with E-state index in [1.165, 1.54) is 12.8 Å². The Labute approximate surface area is 125 Å². The zero-order valence-electron chi connectivity index (χ0n) is 12.4. The average Bonchev–Trinajstić information content (AvgIpc) is 3.16. The van der Waals surface area contributed by atoms with E-state index in [0.717, 1.165) is 56.2 Å². The molecule has 1 saturated carbocycles. The molecule has 1 fully saturated rings. The van der Waals surface area contributed by atoms with E-state index in [-0.39, 0.29) is 0 Å². The van der Waals surface area contributed by atoms with Gasteiger partial charge in [-0.25, -0.2) is 4.98 Å². The van der Waals surface area contributed by atoms with E-state index in [4.69, 9.17) is 9.47 Å². The molecule has 0 atom stereocenters. The first kappa shape index (κ1) is 15.7. The van der Waals surface area contributed by atoms with Crippen LogP contribution in [0.5, 0.6) is 0 Å². The van der Waals surface area contributed by atoms with Gasteiger partial charge in [0.05, 0.1) is 18.9 Å². The Morgan fingerprint density at radius 3 is 3.05 bits per heavy atom. The van der Waals surface area contributed by atoms with Gasteiger partial charge in [0.25, 0.3) is 0 Å². The van der Waals surface area contributed by atoms with Crippen LogP contribution in [-0.4, -0.2) is 52.1 Å². The predicted molar refractivity (Wildman–Crippen MR) is 82.5 cm³/mol. The van der Waals surface area contributed by atoms with Gasteiger partial charge in [-0.05, 0) is 18.8 Å². The number of methoxy groups -OCH3 is 1. The molecule has 1 aliphatic rings. The highest BCUT2D eigenvalue weighted by atomic mass is 32.1. The largest absolute Gasteiger partial charge is 0.383 e. The van der Waals surface area contributed by atoms with Crippen molar-refractivity contribution < 1.29 is 9.47 Å². The summed E-state index contributed by atoms with van der Waals surface area (Å²) in [6, 6.07) is 0. The molecule has 0 spiro atoms. The van der Waals surface area contributed by atoms with Crippen LogP contribution in [0, 0.1) is 5.92 Å². The highest BCUT2D eigenvalue weighted by Crippen LogP contribution is 2.28. The summed E-state index contributed by atoms with van der Waals surface area (Å²) in [5.74, 6) is 0.838.